The molecular weight excluding hydrogens is 344 g/mol. The van der Waals surface area contributed by atoms with Crippen LogP contribution in [0.5, 0.6) is 0 Å². The van der Waals surface area contributed by atoms with Gasteiger partial charge in [0.25, 0.3) is 0 Å². The van der Waals surface area contributed by atoms with Crippen molar-refractivity contribution in [2.75, 3.05) is 7.11 Å². The van der Waals surface area contributed by atoms with Gasteiger partial charge in [-0.3, -0.25) is 9.59 Å². The number of fused-ring (bicyclic) bond motifs is 2. The third-order valence-corrected chi connectivity index (χ3v) is 4.94. The van der Waals surface area contributed by atoms with E-state index in [1.807, 2.05) is 24.3 Å². The molecule has 27 heavy (non-hydrogen) atoms. The van der Waals surface area contributed by atoms with Crippen LogP contribution in [0.3, 0.4) is 0 Å². The second-order valence-electron chi connectivity index (χ2n) is 6.67. The van der Waals surface area contributed by atoms with Crippen molar-refractivity contribution < 1.29 is 14.3 Å². The summed E-state index contributed by atoms with van der Waals surface area (Å²) >= 11 is 0. The van der Waals surface area contributed by atoms with E-state index in [2.05, 4.69) is 5.32 Å². The van der Waals surface area contributed by atoms with Crippen molar-refractivity contribution in [2.45, 2.75) is 32.4 Å². The molecule has 6 nitrogen and oxygen atoms in total. The topological polar surface area (TPSA) is 77.4 Å². The lowest BCUT2D eigenvalue weighted by atomic mass is 9.99. The van der Waals surface area contributed by atoms with Crippen molar-refractivity contribution in [2.24, 2.45) is 0 Å². The number of ether oxygens (including phenoxy) is 1. The molecule has 1 N–H and O–H groups in total. The number of hydrogen-bond acceptors (Lipinski definition) is 4. The number of nitrogens with zero attached hydrogens (tertiary/aromatic N) is 1. The van der Waals surface area contributed by atoms with Crippen molar-refractivity contribution >= 4 is 33.7 Å². The molecule has 0 aliphatic carbocycles. The minimum Gasteiger partial charge on any atom is -0.467 e. The van der Waals surface area contributed by atoms with Gasteiger partial charge >= 0.3 is 5.97 Å². The Kier molecular flexibility index (Phi) is 4.99. The Morgan fingerprint density at radius 3 is 2.04 bits per heavy atom. The molecule has 0 bridgehead atoms. The average molecular weight is 366 g/mol. The third kappa shape index (κ3) is 3.30. The molecule has 140 valence electrons. The Labute approximate surface area is 156 Å². The maximum Gasteiger partial charge on any atom is 0.331 e. The second kappa shape index (κ2) is 7.23. The molecule has 3 rings (SSSR count). The zero-order valence-electron chi connectivity index (χ0n) is 15.6. The van der Waals surface area contributed by atoms with E-state index in [4.69, 9.17) is 4.74 Å². The summed E-state index contributed by atoms with van der Waals surface area (Å²) in [5.74, 6) is -0.823. The first-order valence-electron chi connectivity index (χ1n) is 8.81. The molecule has 1 amide bonds. The fourth-order valence-corrected chi connectivity index (χ4v) is 3.25. The first-order chi connectivity index (χ1) is 12.9. The summed E-state index contributed by atoms with van der Waals surface area (Å²) in [6.45, 7) is 3.42. The van der Waals surface area contributed by atoms with Gasteiger partial charge in [-0.05, 0) is 37.6 Å². The standard InChI is InChI=1S/C21H22N2O4/c1-4-21(2,20(26)27-3)22-18(24)13-23-16-11-7-5-9-14(16)19(25)15-10-6-8-12-17(15)23/h5-12H,4,13H2,1-3H3,(H,22,24)/t21-/m0/s1. The number of rotatable bonds is 5. The minimum absolute atomic E-state index is 0.0199. The number of para-hydroxylation sites is 2. The Morgan fingerprint density at radius 1 is 1.04 bits per heavy atom. The van der Waals surface area contributed by atoms with Crippen LogP contribution in [-0.2, 0) is 20.9 Å². The van der Waals surface area contributed by atoms with Crippen LogP contribution in [-0.4, -0.2) is 29.1 Å². The maximum atomic E-state index is 12.8. The van der Waals surface area contributed by atoms with Gasteiger partial charge in [0.15, 0.2) is 5.43 Å². The molecule has 0 unspecified atom stereocenters. The van der Waals surface area contributed by atoms with Crippen molar-refractivity contribution in [3.63, 3.8) is 0 Å². The first kappa shape index (κ1) is 18.6. The highest BCUT2D eigenvalue weighted by Crippen LogP contribution is 2.19. The number of pyridine rings is 1. The number of carbonyl (C=O) groups excluding carboxylic acids is 2. The molecule has 0 saturated carbocycles. The van der Waals surface area contributed by atoms with E-state index >= 15 is 0 Å². The predicted molar refractivity (Wildman–Crippen MR) is 105 cm³/mol. The van der Waals surface area contributed by atoms with Crippen LogP contribution in [0.15, 0.2) is 53.3 Å². The molecule has 0 radical (unpaired) electrons. The van der Waals surface area contributed by atoms with Crippen LogP contribution in [0.1, 0.15) is 20.3 Å². The number of aromatic nitrogens is 1. The second-order valence-corrected chi connectivity index (χ2v) is 6.67. The SMILES string of the molecule is CC[C@](C)(NC(=O)Cn1c2ccccc2c(=O)c2ccccc21)C(=O)OC. The Hall–Kier alpha value is -3.15. The van der Waals surface area contributed by atoms with Gasteiger partial charge in [0.05, 0.1) is 18.1 Å². The molecule has 0 spiro atoms. The summed E-state index contributed by atoms with van der Waals surface area (Å²) in [6, 6.07) is 14.4. The fraction of sp³-hybridized carbons (Fsp3) is 0.286. The summed E-state index contributed by atoms with van der Waals surface area (Å²) in [6.07, 6.45) is 0.400. The van der Waals surface area contributed by atoms with E-state index in [-0.39, 0.29) is 17.9 Å². The molecule has 0 saturated heterocycles. The number of carbonyl (C=O) groups is 2. The Bertz CT molecular complexity index is 1030. The predicted octanol–water partition coefficient (Wildman–Crippen LogP) is 2.61. The van der Waals surface area contributed by atoms with E-state index in [1.54, 1.807) is 42.7 Å². The summed E-state index contributed by atoms with van der Waals surface area (Å²) in [5, 5.41) is 3.88. The van der Waals surface area contributed by atoms with Gasteiger partial charge in [-0.15, -0.1) is 0 Å². The molecule has 0 aliphatic heterocycles. The zero-order chi connectivity index (χ0) is 19.6. The van der Waals surface area contributed by atoms with E-state index in [0.29, 0.717) is 28.2 Å². The van der Waals surface area contributed by atoms with Gasteiger partial charge in [-0.1, -0.05) is 31.2 Å². The number of nitrogens with one attached hydrogen (secondary N) is 1. The molecule has 6 heteroatoms. The highest BCUT2D eigenvalue weighted by atomic mass is 16.5. The Balaban J connectivity index is 2.08. The number of amides is 1. The van der Waals surface area contributed by atoms with E-state index in [0.717, 1.165) is 0 Å². The van der Waals surface area contributed by atoms with Crippen LogP contribution in [0.4, 0.5) is 0 Å². The third-order valence-electron chi connectivity index (χ3n) is 4.94. The van der Waals surface area contributed by atoms with Crippen LogP contribution >= 0.6 is 0 Å². The number of benzene rings is 2. The van der Waals surface area contributed by atoms with Gasteiger partial charge < -0.3 is 14.6 Å². The lowest BCUT2D eigenvalue weighted by molar-refractivity contribution is -0.150. The molecule has 2 aromatic carbocycles. The highest BCUT2D eigenvalue weighted by molar-refractivity contribution is 5.95. The molecule has 0 aliphatic rings. The van der Waals surface area contributed by atoms with Crippen molar-refractivity contribution in [1.82, 2.24) is 9.88 Å². The molecule has 1 atom stereocenters. The van der Waals surface area contributed by atoms with Crippen molar-refractivity contribution in [3.8, 4) is 0 Å². The number of hydrogen-bond donors (Lipinski definition) is 1. The van der Waals surface area contributed by atoms with Crippen LogP contribution in [0.2, 0.25) is 0 Å². The minimum atomic E-state index is -1.10. The van der Waals surface area contributed by atoms with Crippen LogP contribution < -0.4 is 10.7 Å². The summed E-state index contributed by atoms with van der Waals surface area (Å²) in [4.78, 5) is 37.6. The van der Waals surface area contributed by atoms with Crippen LogP contribution in [0, 0.1) is 0 Å². The van der Waals surface area contributed by atoms with E-state index < -0.39 is 11.5 Å². The van der Waals surface area contributed by atoms with Gasteiger partial charge in [-0.25, -0.2) is 4.79 Å². The van der Waals surface area contributed by atoms with E-state index in [9.17, 15) is 14.4 Å². The lowest BCUT2D eigenvalue weighted by Crippen LogP contribution is -2.53. The molecule has 1 heterocycles. The molecule has 1 aromatic heterocycles. The number of esters is 1. The largest absolute Gasteiger partial charge is 0.467 e. The number of methoxy groups -OCH3 is 1. The van der Waals surface area contributed by atoms with Crippen molar-refractivity contribution in [3.05, 3.63) is 58.8 Å². The molecule has 3 aromatic rings. The highest BCUT2D eigenvalue weighted by Gasteiger charge is 2.34. The first-order valence-corrected chi connectivity index (χ1v) is 8.81. The van der Waals surface area contributed by atoms with Gasteiger partial charge in [0, 0.05) is 10.8 Å². The summed E-state index contributed by atoms with van der Waals surface area (Å²) in [5.41, 5.74) is 0.183. The van der Waals surface area contributed by atoms with Crippen molar-refractivity contribution in [1.29, 1.82) is 0 Å². The molecule has 0 fully saturated rings. The summed E-state index contributed by atoms with van der Waals surface area (Å²) in [7, 11) is 1.30. The van der Waals surface area contributed by atoms with Gasteiger partial charge in [0.1, 0.15) is 12.1 Å². The quantitative estimate of drug-likeness (QED) is 0.556. The normalized spacial score (nSPS) is 13.3. The fourth-order valence-electron chi connectivity index (χ4n) is 3.25. The monoisotopic (exact) mass is 366 g/mol. The van der Waals surface area contributed by atoms with E-state index in [1.165, 1.54) is 7.11 Å². The van der Waals surface area contributed by atoms with Gasteiger partial charge in [-0.2, -0.15) is 0 Å². The van der Waals surface area contributed by atoms with Gasteiger partial charge in [0.2, 0.25) is 5.91 Å². The Morgan fingerprint density at radius 2 is 1.56 bits per heavy atom. The lowest BCUT2D eigenvalue weighted by Gasteiger charge is -2.27. The van der Waals surface area contributed by atoms with Crippen LogP contribution in [0.25, 0.3) is 21.8 Å². The maximum absolute atomic E-state index is 12.8. The zero-order valence-corrected chi connectivity index (χ0v) is 15.6. The summed E-state index contributed by atoms with van der Waals surface area (Å²) < 4.78 is 6.61. The smallest absolute Gasteiger partial charge is 0.331 e. The molecular formula is C21H22N2O4. The average Bonchev–Trinajstić information content (AvgIpc) is 2.70.